The van der Waals surface area contributed by atoms with Gasteiger partial charge in [-0.25, -0.2) is 4.99 Å². The van der Waals surface area contributed by atoms with Gasteiger partial charge in [-0.1, -0.05) is 24.8 Å². The normalized spacial score (nSPS) is 14.3. The molecule has 0 radical (unpaired) electrons. The molecule has 0 aliphatic carbocycles. The van der Waals surface area contributed by atoms with Crippen LogP contribution in [0.5, 0.6) is 0 Å². The molecule has 0 spiro atoms. The van der Waals surface area contributed by atoms with Crippen LogP contribution in [0, 0.1) is 6.92 Å². The number of hydrogen-bond acceptors (Lipinski definition) is 5. The van der Waals surface area contributed by atoms with Gasteiger partial charge in [0.25, 0.3) is 17.8 Å². The van der Waals surface area contributed by atoms with Crippen LogP contribution in [0.3, 0.4) is 0 Å². The maximum absolute atomic E-state index is 12.6. The molecule has 8 heteroatoms. The van der Waals surface area contributed by atoms with Gasteiger partial charge in [-0.05, 0) is 26.0 Å². The zero-order valence-electron chi connectivity index (χ0n) is 14.7. The number of para-hydroxylation sites is 1. The highest BCUT2D eigenvalue weighted by Crippen LogP contribution is 2.21. The summed E-state index contributed by atoms with van der Waals surface area (Å²) >= 11 is 0. The van der Waals surface area contributed by atoms with Crippen LogP contribution in [0.4, 0.5) is 5.82 Å². The number of anilines is 1. The van der Waals surface area contributed by atoms with Gasteiger partial charge in [-0.3, -0.25) is 9.59 Å². The summed E-state index contributed by atoms with van der Waals surface area (Å²) in [4.78, 5) is 32.7. The molecule has 4 rings (SSSR count). The first-order valence-electron chi connectivity index (χ1n) is 8.17. The number of benzene rings is 1. The summed E-state index contributed by atoms with van der Waals surface area (Å²) in [5, 5.41) is 7.83. The van der Waals surface area contributed by atoms with Gasteiger partial charge in [0.15, 0.2) is 5.76 Å². The molecular formula is C19H15N5O3. The van der Waals surface area contributed by atoms with E-state index in [0.717, 1.165) is 5.39 Å². The number of furan rings is 1. The number of aliphatic imine (C=N–C) groups is 2. The molecule has 2 amide bonds. The van der Waals surface area contributed by atoms with E-state index in [1.165, 1.54) is 4.68 Å². The van der Waals surface area contributed by atoms with Gasteiger partial charge >= 0.3 is 0 Å². The van der Waals surface area contributed by atoms with E-state index < -0.39 is 11.8 Å². The second-order valence-electron chi connectivity index (χ2n) is 6.08. The highest BCUT2D eigenvalue weighted by atomic mass is 16.3. The zero-order chi connectivity index (χ0) is 19.1. The lowest BCUT2D eigenvalue weighted by atomic mass is 10.2. The van der Waals surface area contributed by atoms with Crippen molar-refractivity contribution in [3.05, 3.63) is 60.0 Å². The molecule has 27 heavy (non-hydrogen) atoms. The van der Waals surface area contributed by atoms with Crippen molar-refractivity contribution in [3.8, 4) is 0 Å². The predicted octanol–water partition coefficient (Wildman–Crippen LogP) is 2.95. The summed E-state index contributed by atoms with van der Waals surface area (Å²) in [5.41, 5.74) is 1.93. The number of rotatable bonds is 2. The maximum atomic E-state index is 12.6. The van der Waals surface area contributed by atoms with E-state index in [1.54, 1.807) is 32.0 Å². The van der Waals surface area contributed by atoms with Crippen molar-refractivity contribution >= 4 is 40.3 Å². The topological polar surface area (TPSA) is 102 Å². The molecule has 0 atom stereocenters. The van der Waals surface area contributed by atoms with Gasteiger partial charge in [0.05, 0.1) is 17.0 Å². The van der Waals surface area contributed by atoms with E-state index >= 15 is 0 Å². The molecule has 1 aliphatic rings. The molecule has 0 unspecified atom stereocenters. The highest BCUT2D eigenvalue weighted by Gasteiger charge is 2.22. The minimum atomic E-state index is -0.486. The molecule has 0 bridgehead atoms. The van der Waals surface area contributed by atoms with E-state index in [9.17, 15) is 9.59 Å². The first-order valence-corrected chi connectivity index (χ1v) is 8.17. The van der Waals surface area contributed by atoms with Gasteiger partial charge < -0.3 is 9.73 Å². The van der Waals surface area contributed by atoms with Crippen LogP contribution in [-0.2, 0) is 4.79 Å². The highest BCUT2D eigenvalue weighted by molar-refractivity contribution is 6.28. The summed E-state index contributed by atoms with van der Waals surface area (Å²) < 4.78 is 6.89. The molecule has 1 aromatic carbocycles. The summed E-state index contributed by atoms with van der Waals surface area (Å²) in [6.07, 6.45) is 0. The van der Waals surface area contributed by atoms with Crippen molar-refractivity contribution in [2.75, 3.05) is 5.32 Å². The Kier molecular flexibility index (Phi) is 3.80. The first kappa shape index (κ1) is 16.6. The number of carbonyl (C=O) groups is 2. The average molecular weight is 361 g/mol. The monoisotopic (exact) mass is 361 g/mol. The van der Waals surface area contributed by atoms with Crippen molar-refractivity contribution in [1.29, 1.82) is 0 Å². The van der Waals surface area contributed by atoms with Crippen LogP contribution in [-0.4, -0.2) is 33.3 Å². The molecule has 1 N–H and O–H groups in total. The Hall–Kier alpha value is -3.81. The SMILES string of the molecule is C=C1C(=O)N=C(n2nc(C)cc2NC(=O)c2cc3ccccc3o2)N=C1C. The Balaban J connectivity index is 1.67. The molecule has 2 aromatic heterocycles. The maximum Gasteiger partial charge on any atom is 0.292 e. The molecule has 0 fully saturated rings. The number of nitrogens with one attached hydrogen (secondary N) is 1. The molecule has 8 nitrogen and oxygen atoms in total. The van der Waals surface area contributed by atoms with Crippen LogP contribution >= 0.6 is 0 Å². The van der Waals surface area contributed by atoms with Gasteiger partial charge in [0.2, 0.25) is 0 Å². The Morgan fingerprint density at radius 2 is 1.96 bits per heavy atom. The van der Waals surface area contributed by atoms with Crippen LogP contribution < -0.4 is 5.32 Å². The quantitative estimate of drug-likeness (QED) is 0.709. The van der Waals surface area contributed by atoms with Crippen LogP contribution in [0.15, 0.2) is 63.0 Å². The number of nitrogens with zero attached hydrogens (tertiary/aromatic N) is 4. The molecule has 0 saturated carbocycles. The number of hydrogen-bond donors (Lipinski definition) is 1. The Morgan fingerprint density at radius 3 is 2.70 bits per heavy atom. The standard InChI is InChI=1S/C19H15N5O3/c1-10-8-16(24(23-10)19-20-12(3)11(2)17(25)22-19)21-18(26)15-9-13-6-4-5-7-14(13)27-15/h4-9H,2H2,1,3H3,(H,21,26). The second-order valence-corrected chi connectivity index (χ2v) is 6.08. The smallest absolute Gasteiger partial charge is 0.292 e. The fraction of sp³-hybridized carbons (Fsp3) is 0.105. The van der Waals surface area contributed by atoms with E-state index in [1.807, 2.05) is 18.2 Å². The van der Waals surface area contributed by atoms with E-state index in [0.29, 0.717) is 22.8 Å². The lowest BCUT2D eigenvalue weighted by Gasteiger charge is -2.12. The van der Waals surface area contributed by atoms with E-state index in [4.69, 9.17) is 4.42 Å². The minimum absolute atomic E-state index is 0.0675. The Bertz CT molecular complexity index is 1150. The third-order valence-corrected chi connectivity index (χ3v) is 4.08. The Morgan fingerprint density at radius 1 is 1.19 bits per heavy atom. The van der Waals surface area contributed by atoms with Gasteiger partial charge in [-0.15, -0.1) is 0 Å². The molecular weight excluding hydrogens is 346 g/mol. The van der Waals surface area contributed by atoms with Crippen LogP contribution in [0.25, 0.3) is 11.0 Å². The molecule has 1 aliphatic heterocycles. The first-order chi connectivity index (χ1) is 12.9. The lowest BCUT2D eigenvalue weighted by molar-refractivity contribution is -0.113. The third kappa shape index (κ3) is 2.97. The number of amides is 2. The fourth-order valence-electron chi connectivity index (χ4n) is 2.66. The van der Waals surface area contributed by atoms with Crippen molar-refractivity contribution < 1.29 is 14.0 Å². The van der Waals surface area contributed by atoms with Gasteiger partial charge in [0.1, 0.15) is 11.4 Å². The minimum Gasteiger partial charge on any atom is -0.451 e. The van der Waals surface area contributed by atoms with Gasteiger partial charge in [0, 0.05) is 11.5 Å². The number of fused-ring (bicyclic) bond motifs is 1. The second kappa shape index (κ2) is 6.17. The summed E-state index contributed by atoms with van der Waals surface area (Å²) in [6, 6.07) is 10.7. The number of aryl methyl sites for hydroxylation is 1. The number of aromatic nitrogens is 2. The third-order valence-electron chi connectivity index (χ3n) is 4.08. The summed E-state index contributed by atoms with van der Waals surface area (Å²) in [7, 11) is 0. The van der Waals surface area contributed by atoms with Crippen LogP contribution in [0.2, 0.25) is 0 Å². The fourth-order valence-corrected chi connectivity index (χ4v) is 2.66. The van der Waals surface area contributed by atoms with Crippen molar-refractivity contribution in [2.24, 2.45) is 9.98 Å². The van der Waals surface area contributed by atoms with Crippen molar-refractivity contribution in [2.45, 2.75) is 13.8 Å². The zero-order valence-corrected chi connectivity index (χ0v) is 14.7. The summed E-state index contributed by atoms with van der Waals surface area (Å²) in [6.45, 7) is 7.06. The largest absolute Gasteiger partial charge is 0.451 e. The summed E-state index contributed by atoms with van der Waals surface area (Å²) in [5.74, 6) is -0.372. The molecule has 3 aromatic rings. The van der Waals surface area contributed by atoms with Crippen LogP contribution in [0.1, 0.15) is 23.2 Å². The van der Waals surface area contributed by atoms with Gasteiger partial charge in [-0.2, -0.15) is 14.8 Å². The van der Waals surface area contributed by atoms with Crippen molar-refractivity contribution in [1.82, 2.24) is 9.78 Å². The molecule has 0 saturated heterocycles. The van der Waals surface area contributed by atoms with Crippen molar-refractivity contribution in [3.63, 3.8) is 0 Å². The predicted molar refractivity (Wildman–Crippen MR) is 101 cm³/mol. The molecule has 134 valence electrons. The Labute approximate surface area is 153 Å². The average Bonchev–Trinajstić information content (AvgIpc) is 3.22. The molecule has 3 heterocycles. The van der Waals surface area contributed by atoms with E-state index in [-0.39, 0.29) is 17.3 Å². The lowest BCUT2D eigenvalue weighted by Crippen LogP contribution is -2.25. The number of carbonyl (C=O) groups excluding carboxylic acids is 2. The van der Waals surface area contributed by atoms with E-state index in [2.05, 4.69) is 27.0 Å².